The zero-order chi connectivity index (χ0) is 19.3. The molecular weight excluding hydrogens is 376 g/mol. The number of nitro benzene ring substituents is 1. The summed E-state index contributed by atoms with van der Waals surface area (Å²) in [6.07, 6.45) is 1.67. The molecule has 0 saturated carbocycles. The minimum absolute atomic E-state index is 0.0454. The Bertz CT molecular complexity index is 1140. The second kappa shape index (κ2) is 7.85. The van der Waals surface area contributed by atoms with Crippen molar-refractivity contribution in [3.8, 4) is 11.5 Å². The van der Waals surface area contributed by atoms with E-state index in [0.29, 0.717) is 10.6 Å². The third-order valence-electron chi connectivity index (χ3n) is 3.82. The number of hydrazone groups is 1. The normalized spacial score (nSPS) is 11.0. The summed E-state index contributed by atoms with van der Waals surface area (Å²) in [5.74, 6) is 1.52. The molecule has 0 bridgehead atoms. The van der Waals surface area contributed by atoms with Gasteiger partial charge in [-0.05, 0) is 48.0 Å². The van der Waals surface area contributed by atoms with Crippen LogP contribution in [-0.4, -0.2) is 16.1 Å². The maximum atomic E-state index is 10.8. The van der Waals surface area contributed by atoms with E-state index in [9.17, 15) is 10.1 Å². The average Bonchev–Trinajstić information content (AvgIpc) is 3.12. The number of thiazole rings is 1. The summed E-state index contributed by atoms with van der Waals surface area (Å²) in [5.41, 5.74) is 4.49. The molecule has 0 saturated heterocycles. The van der Waals surface area contributed by atoms with Gasteiger partial charge in [-0.2, -0.15) is 5.10 Å². The molecule has 4 rings (SSSR count). The summed E-state index contributed by atoms with van der Waals surface area (Å²) in [6, 6.07) is 21.7. The van der Waals surface area contributed by atoms with E-state index < -0.39 is 4.92 Å². The molecule has 138 valence electrons. The van der Waals surface area contributed by atoms with Crippen LogP contribution in [0.25, 0.3) is 10.2 Å². The highest BCUT2D eigenvalue weighted by Gasteiger charge is 2.09. The van der Waals surface area contributed by atoms with Crippen LogP contribution in [0.15, 0.2) is 77.9 Å². The predicted molar refractivity (Wildman–Crippen MR) is 110 cm³/mol. The summed E-state index contributed by atoms with van der Waals surface area (Å²) in [5, 5.41) is 15.6. The first kappa shape index (κ1) is 17.6. The van der Waals surface area contributed by atoms with Gasteiger partial charge in [0.15, 0.2) is 0 Å². The van der Waals surface area contributed by atoms with E-state index in [1.165, 1.54) is 23.5 Å². The zero-order valence-electron chi connectivity index (χ0n) is 14.5. The molecule has 4 aromatic rings. The Morgan fingerprint density at radius 3 is 2.54 bits per heavy atom. The number of non-ortho nitro benzene ring substituents is 1. The van der Waals surface area contributed by atoms with E-state index in [2.05, 4.69) is 15.5 Å². The SMILES string of the molecule is O=[N+]([O-])c1ccc2nc(N/N=C\c3ccc(Oc4ccccc4)cc3)sc2c1. The van der Waals surface area contributed by atoms with Gasteiger partial charge in [0.2, 0.25) is 5.13 Å². The number of nitrogens with one attached hydrogen (secondary N) is 1. The van der Waals surface area contributed by atoms with Crippen LogP contribution in [0.1, 0.15) is 5.56 Å². The number of nitrogens with zero attached hydrogens (tertiary/aromatic N) is 3. The molecule has 3 aromatic carbocycles. The van der Waals surface area contributed by atoms with Gasteiger partial charge in [-0.3, -0.25) is 15.5 Å². The van der Waals surface area contributed by atoms with Crippen LogP contribution < -0.4 is 10.2 Å². The molecule has 1 heterocycles. The minimum atomic E-state index is -0.421. The summed E-state index contributed by atoms with van der Waals surface area (Å²) in [4.78, 5) is 14.8. The number of rotatable bonds is 6. The molecule has 0 spiro atoms. The minimum Gasteiger partial charge on any atom is -0.457 e. The largest absolute Gasteiger partial charge is 0.457 e. The Balaban J connectivity index is 1.40. The molecule has 0 radical (unpaired) electrons. The maximum absolute atomic E-state index is 10.8. The number of aromatic nitrogens is 1. The second-order valence-electron chi connectivity index (χ2n) is 5.78. The fraction of sp³-hybridized carbons (Fsp3) is 0. The fourth-order valence-electron chi connectivity index (χ4n) is 2.48. The third-order valence-corrected chi connectivity index (χ3v) is 4.74. The molecule has 1 aromatic heterocycles. The standard InChI is InChI=1S/C20H14N4O3S/c25-24(26)15-8-11-18-19(12-15)28-20(22-18)23-21-13-14-6-9-17(10-7-14)27-16-4-2-1-3-5-16/h1-13H,(H,22,23)/b21-13-. The molecule has 1 N–H and O–H groups in total. The molecular formula is C20H14N4O3S. The highest BCUT2D eigenvalue weighted by atomic mass is 32.1. The van der Waals surface area contributed by atoms with Crippen LogP contribution in [0.2, 0.25) is 0 Å². The summed E-state index contributed by atoms with van der Waals surface area (Å²) >= 11 is 1.31. The first-order chi connectivity index (χ1) is 13.7. The number of hydrogen-bond acceptors (Lipinski definition) is 7. The van der Waals surface area contributed by atoms with Crippen molar-refractivity contribution in [1.29, 1.82) is 0 Å². The molecule has 7 nitrogen and oxygen atoms in total. The maximum Gasteiger partial charge on any atom is 0.270 e. The highest BCUT2D eigenvalue weighted by molar-refractivity contribution is 7.22. The lowest BCUT2D eigenvalue weighted by Gasteiger charge is -2.05. The number of nitro groups is 1. The second-order valence-corrected chi connectivity index (χ2v) is 6.81. The van der Waals surface area contributed by atoms with Crippen LogP contribution in [0.4, 0.5) is 10.8 Å². The first-order valence-electron chi connectivity index (χ1n) is 8.34. The van der Waals surface area contributed by atoms with Gasteiger partial charge >= 0.3 is 0 Å². The van der Waals surface area contributed by atoms with Crippen LogP contribution in [0.3, 0.4) is 0 Å². The molecule has 0 atom stereocenters. The van der Waals surface area contributed by atoms with E-state index in [-0.39, 0.29) is 5.69 Å². The summed E-state index contributed by atoms with van der Waals surface area (Å²) < 4.78 is 6.48. The number of benzene rings is 3. The Morgan fingerprint density at radius 1 is 1.04 bits per heavy atom. The Labute approximate surface area is 164 Å². The van der Waals surface area contributed by atoms with Crippen molar-refractivity contribution in [2.24, 2.45) is 5.10 Å². The van der Waals surface area contributed by atoms with Gasteiger partial charge in [-0.25, -0.2) is 4.98 Å². The first-order valence-corrected chi connectivity index (χ1v) is 9.16. The van der Waals surface area contributed by atoms with Crippen molar-refractivity contribution in [2.45, 2.75) is 0 Å². The molecule has 8 heteroatoms. The number of ether oxygens (including phenoxy) is 1. The highest BCUT2D eigenvalue weighted by Crippen LogP contribution is 2.29. The van der Waals surface area contributed by atoms with E-state index in [1.54, 1.807) is 12.3 Å². The van der Waals surface area contributed by atoms with Crippen LogP contribution in [0, 0.1) is 10.1 Å². The van der Waals surface area contributed by atoms with Gasteiger partial charge < -0.3 is 4.74 Å². The van der Waals surface area contributed by atoms with E-state index in [1.807, 2.05) is 54.6 Å². The summed E-state index contributed by atoms with van der Waals surface area (Å²) in [6.45, 7) is 0. The Hall–Kier alpha value is -3.78. The molecule has 0 fully saturated rings. The smallest absolute Gasteiger partial charge is 0.270 e. The van der Waals surface area contributed by atoms with E-state index in [4.69, 9.17) is 4.74 Å². The lowest BCUT2D eigenvalue weighted by atomic mass is 10.2. The van der Waals surface area contributed by atoms with Crippen molar-refractivity contribution < 1.29 is 9.66 Å². The number of para-hydroxylation sites is 1. The van der Waals surface area contributed by atoms with Crippen molar-refractivity contribution in [3.63, 3.8) is 0 Å². The van der Waals surface area contributed by atoms with Gasteiger partial charge in [0.05, 0.1) is 21.4 Å². The van der Waals surface area contributed by atoms with Crippen molar-refractivity contribution in [3.05, 3.63) is 88.5 Å². The van der Waals surface area contributed by atoms with Crippen LogP contribution in [0.5, 0.6) is 11.5 Å². The van der Waals surface area contributed by atoms with Gasteiger partial charge in [-0.15, -0.1) is 0 Å². The topological polar surface area (TPSA) is 89.7 Å². The summed E-state index contributed by atoms with van der Waals surface area (Å²) in [7, 11) is 0. The van der Waals surface area contributed by atoms with E-state index >= 15 is 0 Å². The predicted octanol–water partition coefficient (Wildman–Crippen LogP) is 5.44. The van der Waals surface area contributed by atoms with Gasteiger partial charge in [0.25, 0.3) is 5.69 Å². The Kier molecular flexibility index (Phi) is 4.94. The van der Waals surface area contributed by atoms with Gasteiger partial charge in [-0.1, -0.05) is 29.5 Å². The van der Waals surface area contributed by atoms with Crippen molar-refractivity contribution in [2.75, 3.05) is 5.43 Å². The van der Waals surface area contributed by atoms with Gasteiger partial charge in [0, 0.05) is 12.1 Å². The zero-order valence-corrected chi connectivity index (χ0v) is 15.3. The average molecular weight is 390 g/mol. The number of fused-ring (bicyclic) bond motifs is 1. The molecule has 0 unspecified atom stereocenters. The monoisotopic (exact) mass is 390 g/mol. The molecule has 0 aliphatic heterocycles. The van der Waals surface area contributed by atoms with E-state index in [0.717, 1.165) is 21.8 Å². The van der Waals surface area contributed by atoms with Crippen LogP contribution >= 0.6 is 11.3 Å². The third kappa shape index (κ3) is 4.13. The quantitative estimate of drug-likeness (QED) is 0.269. The molecule has 28 heavy (non-hydrogen) atoms. The number of hydrogen-bond donors (Lipinski definition) is 1. The van der Waals surface area contributed by atoms with Gasteiger partial charge in [0.1, 0.15) is 11.5 Å². The Morgan fingerprint density at radius 2 is 1.79 bits per heavy atom. The molecule has 0 amide bonds. The van der Waals surface area contributed by atoms with Crippen molar-refractivity contribution in [1.82, 2.24) is 4.98 Å². The van der Waals surface area contributed by atoms with Crippen molar-refractivity contribution >= 4 is 38.6 Å². The lowest BCUT2D eigenvalue weighted by molar-refractivity contribution is -0.384. The van der Waals surface area contributed by atoms with Crippen LogP contribution in [-0.2, 0) is 0 Å². The molecule has 0 aliphatic rings. The lowest BCUT2D eigenvalue weighted by Crippen LogP contribution is -1.90. The molecule has 0 aliphatic carbocycles. The fourth-order valence-corrected chi connectivity index (χ4v) is 3.33. The number of anilines is 1.